The molecule has 1 aromatic heterocycles. The Kier molecular flexibility index (Phi) is 2.07. The van der Waals surface area contributed by atoms with E-state index in [4.69, 9.17) is 5.02 Å². The van der Waals surface area contributed by atoms with Crippen LogP contribution >= 0.6 is 0 Å². The molecule has 0 aliphatic carbocycles. The first-order valence-corrected chi connectivity index (χ1v) is 3.31. The summed E-state index contributed by atoms with van der Waals surface area (Å²) < 4.78 is 0. The van der Waals surface area contributed by atoms with E-state index in [0.717, 1.165) is 11.2 Å². The highest BCUT2D eigenvalue weighted by Gasteiger charge is 2.04. The van der Waals surface area contributed by atoms with Crippen molar-refractivity contribution < 1.29 is 5.02 Å². The normalized spacial score (nSPS) is 9.50. The van der Waals surface area contributed by atoms with Crippen molar-refractivity contribution in [2.45, 2.75) is 13.7 Å². The first-order chi connectivity index (χ1) is 4.70. The fourth-order valence-electron chi connectivity index (χ4n) is 0.726. The standard InChI is InChI=1S/C7H10BNO/c1-6-3-4-7(5-9-6)8(2)10/h3-5,10H,1-2H3. The monoisotopic (exact) mass is 135 g/mol. The summed E-state index contributed by atoms with van der Waals surface area (Å²) in [5.41, 5.74) is 1.84. The highest BCUT2D eigenvalue weighted by Crippen LogP contribution is 1.87. The van der Waals surface area contributed by atoms with Crippen LogP contribution in [0.3, 0.4) is 0 Å². The smallest absolute Gasteiger partial charge is 0.321 e. The molecular formula is C7H10BNO. The first kappa shape index (κ1) is 7.28. The fourth-order valence-corrected chi connectivity index (χ4v) is 0.726. The lowest BCUT2D eigenvalue weighted by Gasteiger charge is -1.98. The second-order valence-corrected chi connectivity index (χ2v) is 2.41. The van der Waals surface area contributed by atoms with Gasteiger partial charge in [0, 0.05) is 11.9 Å². The lowest BCUT2D eigenvalue weighted by atomic mass is 9.65. The molecule has 0 fully saturated rings. The van der Waals surface area contributed by atoms with Gasteiger partial charge in [-0.25, -0.2) is 0 Å². The molecule has 0 atom stereocenters. The fraction of sp³-hybridized carbons (Fsp3) is 0.286. The molecule has 0 spiro atoms. The van der Waals surface area contributed by atoms with Crippen molar-refractivity contribution in [3.05, 3.63) is 24.0 Å². The maximum absolute atomic E-state index is 9.07. The molecule has 1 heterocycles. The molecule has 0 saturated carbocycles. The molecular weight excluding hydrogens is 125 g/mol. The van der Waals surface area contributed by atoms with E-state index in [0.29, 0.717) is 0 Å². The van der Waals surface area contributed by atoms with Crippen molar-refractivity contribution in [1.82, 2.24) is 4.98 Å². The van der Waals surface area contributed by atoms with E-state index in [-0.39, 0.29) is 0 Å². The molecule has 1 N–H and O–H groups in total. The van der Waals surface area contributed by atoms with Gasteiger partial charge in [-0.1, -0.05) is 12.9 Å². The van der Waals surface area contributed by atoms with Gasteiger partial charge in [0.2, 0.25) is 0 Å². The molecule has 0 amide bonds. The second-order valence-electron chi connectivity index (χ2n) is 2.41. The number of hydrogen-bond donors (Lipinski definition) is 1. The summed E-state index contributed by atoms with van der Waals surface area (Å²) in [5, 5.41) is 9.07. The van der Waals surface area contributed by atoms with E-state index in [1.54, 1.807) is 13.0 Å². The third kappa shape index (κ3) is 1.58. The molecule has 0 aliphatic rings. The van der Waals surface area contributed by atoms with E-state index < -0.39 is 6.92 Å². The van der Waals surface area contributed by atoms with Gasteiger partial charge in [-0.05, 0) is 18.5 Å². The van der Waals surface area contributed by atoms with Crippen LogP contribution in [0.25, 0.3) is 0 Å². The Labute approximate surface area is 61.0 Å². The number of rotatable bonds is 1. The molecule has 0 aliphatic heterocycles. The largest absolute Gasteiger partial charge is 0.446 e. The lowest BCUT2D eigenvalue weighted by Crippen LogP contribution is -2.26. The summed E-state index contributed by atoms with van der Waals surface area (Å²) in [6.45, 7) is 3.24. The van der Waals surface area contributed by atoms with Crippen molar-refractivity contribution in [2.24, 2.45) is 0 Å². The number of aromatic nitrogens is 1. The maximum Gasteiger partial charge on any atom is 0.321 e. The molecule has 0 bridgehead atoms. The molecule has 0 aromatic carbocycles. The van der Waals surface area contributed by atoms with E-state index in [9.17, 15) is 0 Å². The zero-order chi connectivity index (χ0) is 7.56. The Morgan fingerprint density at radius 2 is 2.20 bits per heavy atom. The van der Waals surface area contributed by atoms with Gasteiger partial charge in [-0.15, -0.1) is 0 Å². The van der Waals surface area contributed by atoms with Crippen LogP contribution in [-0.2, 0) is 0 Å². The zero-order valence-corrected chi connectivity index (χ0v) is 6.20. The summed E-state index contributed by atoms with van der Waals surface area (Å²) in [6.07, 6.45) is 1.69. The summed E-state index contributed by atoms with van der Waals surface area (Å²) in [6, 6.07) is 3.77. The van der Waals surface area contributed by atoms with Crippen molar-refractivity contribution in [3.63, 3.8) is 0 Å². The number of hydrogen-bond acceptors (Lipinski definition) is 2. The molecule has 1 rings (SSSR count). The third-order valence-corrected chi connectivity index (χ3v) is 1.42. The molecule has 1 aromatic rings. The van der Waals surface area contributed by atoms with Gasteiger partial charge in [-0.3, -0.25) is 4.98 Å². The lowest BCUT2D eigenvalue weighted by molar-refractivity contribution is 0.593. The Bertz CT molecular complexity index is 207. The average molecular weight is 135 g/mol. The quantitative estimate of drug-likeness (QED) is 0.558. The van der Waals surface area contributed by atoms with Crippen LogP contribution in [0, 0.1) is 6.92 Å². The summed E-state index contributed by atoms with van der Waals surface area (Å²) in [4.78, 5) is 4.04. The van der Waals surface area contributed by atoms with Gasteiger partial charge in [-0.2, -0.15) is 0 Å². The Morgan fingerprint density at radius 3 is 2.60 bits per heavy atom. The van der Waals surface area contributed by atoms with Gasteiger partial charge in [0.1, 0.15) is 0 Å². The maximum atomic E-state index is 9.07. The highest BCUT2D eigenvalue weighted by atomic mass is 16.2. The molecule has 0 radical (unpaired) electrons. The van der Waals surface area contributed by atoms with Crippen LogP contribution in [-0.4, -0.2) is 16.9 Å². The van der Waals surface area contributed by atoms with Crippen LogP contribution < -0.4 is 5.46 Å². The predicted octanol–water partition coefficient (Wildman–Crippen LogP) is 0.211. The molecule has 52 valence electrons. The minimum Gasteiger partial charge on any atom is -0.446 e. The predicted molar refractivity (Wildman–Crippen MR) is 42.4 cm³/mol. The minimum atomic E-state index is -0.409. The topological polar surface area (TPSA) is 33.1 Å². The number of nitrogens with zero attached hydrogens (tertiary/aromatic N) is 1. The number of pyridine rings is 1. The summed E-state index contributed by atoms with van der Waals surface area (Å²) >= 11 is 0. The van der Waals surface area contributed by atoms with Crippen molar-refractivity contribution in [3.8, 4) is 0 Å². The third-order valence-electron chi connectivity index (χ3n) is 1.42. The van der Waals surface area contributed by atoms with Crippen molar-refractivity contribution in [1.29, 1.82) is 0 Å². The van der Waals surface area contributed by atoms with E-state index in [1.807, 2.05) is 19.1 Å². The van der Waals surface area contributed by atoms with Gasteiger partial charge < -0.3 is 5.02 Å². The van der Waals surface area contributed by atoms with Crippen LogP contribution in [0.1, 0.15) is 5.69 Å². The van der Waals surface area contributed by atoms with Crippen molar-refractivity contribution >= 4 is 12.4 Å². The average Bonchev–Trinajstić information content (AvgIpc) is 1.88. The van der Waals surface area contributed by atoms with E-state index in [2.05, 4.69) is 4.98 Å². The van der Waals surface area contributed by atoms with Crippen LogP contribution in [0.2, 0.25) is 6.82 Å². The zero-order valence-electron chi connectivity index (χ0n) is 6.20. The first-order valence-electron chi connectivity index (χ1n) is 3.31. The molecule has 0 saturated heterocycles. The van der Waals surface area contributed by atoms with Gasteiger partial charge in [0.15, 0.2) is 0 Å². The molecule has 3 heteroatoms. The van der Waals surface area contributed by atoms with E-state index >= 15 is 0 Å². The van der Waals surface area contributed by atoms with Crippen molar-refractivity contribution in [2.75, 3.05) is 0 Å². The van der Waals surface area contributed by atoms with Crippen LogP contribution in [0.15, 0.2) is 18.3 Å². The van der Waals surface area contributed by atoms with Gasteiger partial charge >= 0.3 is 6.92 Å². The van der Waals surface area contributed by atoms with E-state index in [1.165, 1.54) is 0 Å². The van der Waals surface area contributed by atoms with Crippen LogP contribution in [0.5, 0.6) is 0 Å². The number of aryl methyl sites for hydroxylation is 1. The Hall–Kier alpha value is -0.825. The van der Waals surface area contributed by atoms with Crippen LogP contribution in [0.4, 0.5) is 0 Å². The summed E-state index contributed by atoms with van der Waals surface area (Å²) in [5.74, 6) is 0. The second kappa shape index (κ2) is 2.84. The molecule has 0 unspecified atom stereocenters. The highest BCUT2D eigenvalue weighted by molar-refractivity contribution is 6.64. The van der Waals surface area contributed by atoms with Gasteiger partial charge in [0.25, 0.3) is 0 Å². The molecule has 10 heavy (non-hydrogen) atoms. The van der Waals surface area contributed by atoms with Gasteiger partial charge in [0.05, 0.1) is 0 Å². The Morgan fingerprint density at radius 1 is 1.50 bits per heavy atom. The minimum absolute atomic E-state index is 0.409. The molecule has 2 nitrogen and oxygen atoms in total. The SMILES string of the molecule is CB(O)c1ccc(C)nc1. The Balaban J connectivity index is 2.89. The summed E-state index contributed by atoms with van der Waals surface area (Å²) in [7, 11) is 0.